The lowest BCUT2D eigenvalue weighted by atomic mass is 10.1. The molecule has 41 heteroatoms. The van der Waals surface area contributed by atoms with Crippen LogP contribution in [0.5, 0.6) is 0 Å². The molecule has 0 radical (unpaired) electrons. The molecule has 0 atom stereocenters. The molecule has 0 aliphatic heterocycles. The highest BCUT2D eigenvalue weighted by Crippen LogP contribution is 2.56. The highest BCUT2D eigenvalue weighted by molar-refractivity contribution is 7.95. The minimum absolute atomic E-state index is 0.00621. The number of benzene rings is 3. The first-order valence-electron chi connectivity index (χ1n) is 49.0. The number of ketones is 8. The number of amides is 8. The SMILES string of the molecule is CN(C)CCCCC(=O)CCCC(=O)c1nc(CC(=O)c2nc(CC(=O)CCCC(=O)c3cc(CC(=O)c4nc(CC(=O)c5nc(CC(=O)CCCNC(=O)c6cc(NC(=O)c7cc(NC(=O)c8nc(NC(=O)CCNC(=O)c9cc(NC(=O)c%10cc(NC(=O)CCNC(=O)CCCC[P+](c%11ccccc%11)(c%11ccccc%11)c%11ccccc%11)cn%10C)cn9C)cn8C)cn7C)cn6C)cn5C)cn4C)cn3C)cn2C)cn1C. The van der Waals surface area contributed by atoms with E-state index < -0.39 is 48.5 Å². The van der Waals surface area contributed by atoms with E-state index in [1.807, 2.05) is 32.3 Å². The molecule has 0 aliphatic rings. The van der Waals surface area contributed by atoms with Crippen molar-refractivity contribution >= 4 is 145 Å². The number of hydrogen-bond acceptors (Lipinski definition) is 22. The van der Waals surface area contributed by atoms with Crippen LogP contribution < -0.4 is 58.4 Å². The van der Waals surface area contributed by atoms with Gasteiger partial charge in [0.05, 0.1) is 83.1 Å². The number of carbonyl (C=O) groups excluding carboxylic acids is 16. The number of unbranched alkanes of at least 4 members (excludes halogenated alkanes) is 2. The van der Waals surface area contributed by atoms with E-state index in [2.05, 4.69) is 145 Å². The predicted octanol–water partition coefficient (Wildman–Crippen LogP) is 9.59. The lowest BCUT2D eigenvalue weighted by Crippen LogP contribution is -2.33. The van der Waals surface area contributed by atoms with Crippen LogP contribution in [0, 0.1) is 0 Å². The molecule has 8 amide bonds. The van der Waals surface area contributed by atoms with Gasteiger partial charge in [0, 0.05) is 216 Å². The van der Waals surface area contributed by atoms with Gasteiger partial charge in [0.25, 0.3) is 29.5 Å². The van der Waals surface area contributed by atoms with Crippen LogP contribution in [0.1, 0.15) is 237 Å². The lowest BCUT2D eigenvalue weighted by molar-refractivity contribution is -0.122. The fraction of sp³-hybridized carbons (Fsp3) is 0.355. The summed E-state index contributed by atoms with van der Waals surface area (Å²) in [6.07, 6.45) is 21.5. The normalized spacial score (nSPS) is 11.4. The topological polar surface area (TPSA) is 486 Å². The van der Waals surface area contributed by atoms with Crippen molar-refractivity contribution in [3.8, 4) is 0 Å². The molecule has 13 aromatic rings. The summed E-state index contributed by atoms with van der Waals surface area (Å²) in [5, 5.41) is 26.0. The van der Waals surface area contributed by atoms with Crippen LogP contribution in [0.15, 0.2) is 183 Å². The van der Waals surface area contributed by atoms with Crippen molar-refractivity contribution in [1.82, 2.24) is 91.4 Å². The first-order chi connectivity index (χ1) is 70.8. The average molecular weight is 2040 g/mol. The van der Waals surface area contributed by atoms with Crippen LogP contribution in [0.25, 0.3) is 0 Å². The van der Waals surface area contributed by atoms with Crippen LogP contribution in [-0.4, -0.2) is 215 Å². The van der Waals surface area contributed by atoms with Crippen LogP contribution in [0.2, 0.25) is 0 Å². The van der Waals surface area contributed by atoms with Gasteiger partial charge in [-0.25, -0.2) is 24.9 Å². The summed E-state index contributed by atoms with van der Waals surface area (Å²) in [4.78, 5) is 237. The van der Waals surface area contributed by atoms with Gasteiger partial charge in [0.1, 0.15) is 63.3 Å². The van der Waals surface area contributed by atoms with Gasteiger partial charge in [0.15, 0.2) is 40.7 Å². The molecule has 10 aromatic heterocycles. The van der Waals surface area contributed by atoms with E-state index in [1.165, 1.54) is 80.0 Å². The quantitative estimate of drug-likeness (QED) is 0.00998. The van der Waals surface area contributed by atoms with Gasteiger partial charge in [-0.1, -0.05) is 54.6 Å². The number of aryl methyl sites for hydroxylation is 10. The van der Waals surface area contributed by atoms with Crippen LogP contribution >= 0.6 is 7.26 Å². The molecule has 0 bridgehead atoms. The lowest BCUT2D eigenvalue weighted by Gasteiger charge is -2.27. The Hall–Kier alpha value is -16.4. The Labute approximate surface area is 856 Å². The van der Waals surface area contributed by atoms with E-state index in [4.69, 9.17) is 0 Å². The number of nitrogens with zero attached hydrogens (tertiary/aromatic N) is 16. The van der Waals surface area contributed by atoms with Gasteiger partial charge in [-0.2, -0.15) is 0 Å². The summed E-state index contributed by atoms with van der Waals surface area (Å²) in [7, 11) is 18.3. The predicted molar refractivity (Wildman–Crippen MR) is 560 cm³/mol. The van der Waals surface area contributed by atoms with Crippen molar-refractivity contribution in [1.29, 1.82) is 0 Å². The Bertz CT molecular complexity index is 7010. The van der Waals surface area contributed by atoms with E-state index >= 15 is 0 Å². The van der Waals surface area contributed by atoms with Gasteiger partial charge in [-0.05, 0) is 138 Å². The Balaban J connectivity index is 0.476. The zero-order chi connectivity index (χ0) is 106. The van der Waals surface area contributed by atoms with E-state index in [-0.39, 0.29) is 224 Å². The number of anilines is 5. The third kappa shape index (κ3) is 29.1. The highest BCUT2D eigenvalue weighted by Gasteiger charge is 2.45. The van der Waals surface area contributed by atoms with Crippen molar-refractivity contribution in [2.75, 3.05) is 73.0 Å². The summed E-state index contributed by atoms with van der Waals surface area (Å²) in [5.41, 5.74) is 4.27. The van der Waals surface area contributed by atoms with E-state index in [0.717, 1.165) is 32.0 Å². The number of aromatic nitrogens is 15. The molecule has 3 aromatic carbocycles. The molecule has 0 unspecified atom stereocenters. The summed E-state index contributed by atoms with van der Waals surface area (Å²) < 4.78 is 15.2. The Morgan fingerprint density at radius 2 is 0.649 bits per heavy atom. The van der Waals surface area contributed by atoms with Crippen molar-refractivity contribution in [3.63, 3.8) is 0 Å². The van der Waals surface area contributed by atoms with Crippen LogP contribution in [0.4, 0.5) is 28.6 Å². The maximum Gasteiger partial charge on any atom is 0.291 e. The maximum absolute atomic E-state index is 13.7. The van der Waals surface area contributed by atoms with E-state index in [0.29, 0.717) is 77.5 Å². The molecular formula is C107H126N24O16P+. The van der Waals surface area contributed by atoms with Crippen molar-refractivity contribution in [2.24, 2.45) is 70.5 Å². The molecule has 0 saturated heterocycles. The third-order valence-electron chi connectivity index (χ3n) is 25.2. The molecule has 10 heterocycles. The van der Waals surface area contributed by atoms with Crippen LogP contribution in [0.3, 0.4) is 0 Å². The molecule has 0 spiro atoms. The van der Waals surface area contributed by atoms with Gasteiger partial charge in [-0.15, -0.1) is 0 Å². The zero-order valence-electron chi connectivity index (χ0n) is 85.3. The number of imidazole rings is 5. The molecule has 40 nitrogen and oxygen atoms in total. The number of carbonyl (C=O) groups is 16. The van der Waals surface area contributed by atoms with Gasteiger partial charge in [-0.3, -0.25) is 76.7 Å². The number of rotatable bonds is 56. The standard InChI is InChI=1S/C107H125N24O16P/c1-121(2)47-24-22-29-78(132)30-26-40-90(136)98-114-76(66-127(98)8)57-92(138)100-112-70(64-128(100)9)51-79(133)31-27-39-89(135)84-49-69(59-122(84)3)50-91(137)99-115-77(67-130(99)11)58-93(139)101-113-71(65-129(101)10)52-80(134)32-28-44-109-103(143)85-54-73(61-123(85)4)117-106(146)88-56-75(63-126(88)7)118-107(147)102-120-94(68-131(102)12)119-97(142)43-46-110-104(144)86-55-74(62-124(86)5)116-105(145)87-53-72(60-125(87)6)111-96(141)42-45-108-95(140)41-23-25-48-148(81-33-16-13-17-34-81,82-35-18-14-19-36-82)83-37-20-15-21-38-83/h13-21,33-38,49,53-56,59-68H,22-32,39-48,50-52,57-58H2,1-12H3,(H7-,108,109,110,111,116,117,118,119,140,141,142,143,144,145,146,147)/p+1. The van der Waals surface area contributed by atoms with Gasteiger partial charge >= 0.3 is 0 Å². The Morgan fingerprint density at radius 1 is 0.277 bits per heavy atom. The van der Waals surface area contributed by atoms with E-state index in [1.54, 1.807) is 144 Å². The van der Waals surface area contributed by atoms with Gasteiger partial charge < -0.3 is 93.1 Å². The number of hydrogen-bond donors (Lipinski definition) is 8. The second-order valence-electron chi connectivity index (χ2n) is 37.5. The maximum atomic E-state index is 13.7. The largest absolute Gasteiger partial charge is 0.356 e. The summed E-state index contributed by atoms with van der Waals surface area (Å²) in [5.74, 6) is -5.14. The highest BCUT2D eigenvalue weighted by atomic mass is 31.2. The monoisotopic (exact) mass is 2030 g/mol. The average Bonchev–Trinajstić information content (AvgIpc) is 1.25. The molecule has 0 fully saturated rings. The number of Topliss-reactive ketones (excluding diaryl/α,β-unsaturated/α-hetero) is 8. The van der Waals surface area contributed by atoms with Crippen molar-refractivity contribution < 1.29 is 76.7 Å². The van der Waals surface area contributed by atoms with E-state index in [9.17, 15) is 76.7 Å². The molecule has 774 valence electrons. The van der Waals surface area contributed by atoms with Crippen molar-refractivity contribution in [3.05, 3.63) is 269 Å². The third-order valence-corrected chi connectivity index (χ3v) is 29.7. The Morgan fingerprint density at radius 3 is 1.12 bits per heavy atom. The first-order valence-corrected chi connectivity index (χ1v) is 51.0. The molecule has 0 saturated carbocycles. The molecule has 8 N–H and O–H groups in total. The second kappa shape index (κ2) is 50.4. The zero-order valence-corrected chi connectivity index (χ0v) is 86.2. The minimum atomic E-state index is -2.03. The van der Waals surface area contributed by atoms with Crippen LogP contribution in [-0.2, 0) is 131 Å². The smallest absolute Gasteiger partial charge is 0.291 e. The fourth-order valence-corrected chi connectivity index (χ4v) is 22.3. The summed E-state index contributed by atoms with van der Waals surface area (Å²) >= 11 is 0. The Kier molecular flexibility index (Phi) is 37.1. The summed E-state index contributed by atoms with van der Waals surface area (Å²) in [6.45, 7) is 1.07. The molecular weight excluding hydrogens is 1910 g/mol. The van der Waals surface area contributed by atoms with Gasteiger partial charge in [0.2, 0.25) is 40.9 Å². The molecule has 0 aliphatic carbocycles. The second-order valence-corrected chi connectivity index (χ2v) is 41.1. The molecule has 13 rings (SSSR count). The van der Waals surface area contributed by atoms with Crippen molar-refractivity contribution in [2.45, 2.75) is 135 Å². The number of nitrogens with one attached hydrogen (secondary N) is 8. The fourth-order valence-electron chi connectivity index (χ4n) is 17.9. The minimum Gasteiger partial charge on any atom is -0.356 e. The summed E-state index contributed by atoms with van der Waals surface area (Å²) in [6, 6.07) is 39.3. The molecule has 148 heavy (non-hydrogen) atoms. The first kappa shape index (κ1) is 109.